The van der Waals surface area contributed by atoms with Crippen LogP contribution >= 0.6 is 11.6 Å². The molecule has 0 spiro atoms. The van der Waals surface area contributed by atoms with Crippen LogP contribution in [-0.4, -0.2) is 34.1 Å². The predicted molar refractivity (Wildman–Crippen MR) is 92.4 cm³/mol. The summed E-state index contributed by atoms with van der Waals surface area (Å²) < 4.78 is 2.32. The number of nitrogens with zero attached hydrogens (tertiary/aromatic N) is 3. The summed E-state index contributed by atoms with van der Waals surface area (Å²) >= 11 is 6.45. The Morgan fingerprint density at radius 1 is 1.36 bits per heavy atom. The van der Waals surface area contributed by atoms with Gasteiger partial charge in [-0.15, -0.1) is 0 Å². The third kappa shape index (κ3) is 3.21. The number of likely N-dealkylation sites (tertiary alicyclic amines) is 1. The van der Waals surface area contributed by atoms with Gasteiger partial charge < -0.3 is 9.47 Å². The second kappa shape index (κ2) is 6.84. The van der Waals surface area contributed by atoms with E-state index in [0.717, 1.165) is 23.0 Å². The van der Waals surface area contributed by atoms with E-state index in [9.17, 15) is 0 Å². The minimum atomic E-state index is 0.496. The van der Waals surface area contributed by atoms with Crippen molar-refractivity contribution in [2.75, 3.05) is 19.6 Å². The van der Waals surface area contributed by atoms with E-state index in [-0.39, 0.29) is 0 Å². The molecule has 118 valence electrons. The van der Waals surface area contributed by atoms with E-state index in [1.807, 2.05) is 12.3 Å². The van der Waals surface area contributed by atoms with Crippen molar-refractivity contribution >= 4 is 11.6 Å². The van der Waals surface area contributed by atoms with Gasteiger partial charge in [0.2, 0.25) is 0 Å². The van der Waals surface area contributed by atoms with Crippen molar-refractivity contribution in [3.8, 4) is 11.4 Å². The molecule has 0 bridgehead atoms. The van der Waals surface area contributed by atoms with E-state index in [2.05, 4.69) is 46.6 Å². The van der Waals surface area contributed by atoms with Crippen LogP contribution in [0.1, 0.15) is 37.8 Å². The quantitative estimate of drug-likeness (QED) is 0.824. The van der Waals surface area contributed by atoms with Gasteiger partial charge in [0.15, 0.2) is 0 Å². The molecule has 1 aromatic heterocycles. The fraction of sp³-hybridized carbons (Fsp3) is 0.500. The van der Waals surface area contributed by atoms with E-state index in [1.54, 1.807) is 0 Å². The average molecular weight is 318 g/mol. The molecule has 1 aliphatic heterocycles. The van der Waals surface area contributed by atoms with Crippen LogP contribution in [0, 0.1) is 6.92 Å². The average Bonchev–Trinajstić information content (AvgIpc) is 2.97. The van der Waals surface area contributed by atoms with Crippen molar-refractivity contribution in [1.82, 2.24) is 14.5 Å². The van der Waals surface area contributed by atoms with Gasteiger partial charge in [-0.1, -0.05) is 24.6 Å². The third-order valence-electron chi connectivity index (χ3n) is 4.45. The standard InChI is InChI=1S/C18H24ClN3/c1-3-9-21-10-4-5-15(13-21)22-11-8-20-18(22)16-7-6-14(2)12-17(16)19/h6-8,11-12,15H,3-5,9-10,13H2,1-2H3. The maximum atomic E-state index is 6.45. The number of hydrogen-bond acceptors (Lipinski definition) is 2. The minimum absolute atomic E-state index is 0.496. The van der Waals surface area contributed by atoms with Gasteiger partial charge in [0.25, 0.3) is 0 Å². The lowest BCUT2D eigenvalue weighted by molar-refractivity contribution is 0.178. The molecule has 22 heavy (non-hydrogen) atoms. The zero-order valence-electron chi connectivity index (χ0n) is 13.4. The molecule has 1 saturated heterocycles. The summed E-state index contributed by atoms with van der Waals surface area (Å²) in [6.07, 6.45) is 7.68. The topological polar surface area (TPSA) is 21.1 Å². The number of benzene rings is 1. The Bertz CT molecular complexity index is 633. The van der Waals surface area contributed by atoms with Gasteiger partial charge in [0.05, 0.1) is 5.02 Å². The molecular weight excluding hydrogens is 294 g/mol. The van der Waals surface area contributed by atoms with Crippen molar-refractivity contribution in [2.24, 2.45) is 0 Å². The van der Waals surface area contributed by atoms with Crippen LogP contribution < -0.4 is 0 Å². The molecule has 1 unspecified atom stereocenters. The molecule has 0 aliphatic carbocycles. The van der Waals surface area contributed by atoms with Crippen molar-refractivity contribution in [3.63, 3.8) is 0 Å². The Balaban J connectivity index is 1.88. The van der Waals surface area contributed by atoms with Gasteiger partial charge in [-0.25, -0.2) is 4.98 Å². The zero-order valence-corrected chi connectivity index (χ0v) is 14.2. The van der Waals surface area contributed by atoms with Crippen molar-refractivity contribution < 1.29 is 0 Å². The second-order valence-corrected chi connectivity index (χ2v) is 6.65. The van der Waals surface area contributed by atoms with E-state index in [0.29, 0.717) is 6.04 Å². The van der Waals surface area contributed by atoms with Crippen LogP contribution in [0.4, 0.5) is 0 Å². The van der Waals surface area contributed by atoms with Gasteiger partial charge in [-0.05, 0) is 57.0 Å². The maximum absolute atomic E-state index is 6.45. The Morgan fingerprint density at radius 2 is 2.23 bits per heavy atom. The smallest absolute Gasteiger partial charge is 0.141 e. The fourth-order valence-corrected chi connectivity index (χ4v) is 3.71. The number of rotatable bonds is 4. The highest BCUT2D eigenvalue weighted by Gasteiger charge is 2.23. The SMILES string of the molecule is CCCN1CCCC(n2ccnc2-c2ccc(C)cc2Cl)C1. The molecule has 4 heteroatoms. The molecule has 0 saturated carbocycles. The van der Waals surface area contributed by atoms with E-state index < -0.39 is 0 Å². The van der Waals surface area contributed by atoms with E-state index in [4.69, 9.17) is 11.6 Å². The summed E-state index contributed by atoms with van der Waals surface area (Å²) in [5.74, 6) is 0.994. The van der Waals surface area contributed by atoms with Crippen LogP contribution in [0.25, 0.3) is 11.4 Å². The highest BCUT2D eigenvalue weighted by atomic mass is 35.5. The van der Waals surface area contributed by atoms with Gasteiger partial charge in [-0.2, -0.15) is 0 Å². The molecule has 0 amide bonds. The number of halogens is 1. The zero-order chi connectivity index (χ0) is 15.5. The molecule has 1 aromatic carbocycles. The lowest BCUT2D eigenvalue weighted by atomic mass is 10.0. The van der Waals surface area contributed by atoms with E-state index in [1.165, 1.54) is 37.9 Å². The molecule has 1 aliphatic rings. The summed E-state index contributed by atoms with van der Waals surface area (Å²) in [5.41, 5.74) is 2.21. The highest BCUT2D eigenvalue weighted by Crippen LogP contribution is 2.31. The van der Waals surface area contributed by atoms with Gasteiger partial charge in [0, 0.05) is 30.5 Å². The molecule has 1 fully saturated rings. The summed E-state index contributed by atoms with van der Waals surface area (Å²) in [5, 5.41) is 0.786. The Labute approximate surface area is 137 Å². The third-order valence-corrected chi connectivity index (χ3v) is 4.76. The van der Waals surface area contributed by atoms with Gasteiger partial charge >= 0.3 is 0 Å². The number of hydrogen-bond donors (Lipinski definition) is 0. The Morgan fingerprint density at radius 3 is 3.00 bits per heavy atom. The van der Waals surface area contributed by atoms with Crippen LogP contribution in [0.3, 0.4) is 0 Å². The summed E-state index contributed by atoms with van der Waals surface area (Å²) in [7, 11) is 0. The molecule has 1 atom stereocenters. The number of imidazole rings is 1. The predicted octanol–water partition coefficient (Wildman–Crippen LogP) is 4.56. The molecular formula is C18H24ClN3. The lowest BCUT2D eigenvalue weighted by Crippen LogP contribution is -2.37. The van der Waals surface area contributed by atoms with Crippen LogP contribution in [0.15, 0.2) is 30.6 Å². The molecule has 3 rings (SSSR count). The number of piperidine rings is 1. The van der Waals surface area contributed by atoms with Crippen LogP contribution in [-0.2, 0) is 0 Å². The minimum Gasteiger partial charge on any atom is -0.327 e. The Kier molecular flexibility index (Phi) is 4.84. The lowest BCUT2D eigenvalue weighted by Gasteiger charge is -2.34. The molecule has 0 N–H and O–H groups in total. The summed E-state index contributed by atoms with van der Waals surface area (Å²) in [6.45, 7) is 7.83. The van der Waals surface area contributed by atoms with Crippen LogP contribution in [0.5, 0.6) is 0 Å². The van der Waals surface area contributed by atoms with Gasteiger partial charge in [0.1, 0.15) is 5.82 Å². The fourth-order valence-electron chi connectivity index (χ4n) is 3.40. The highest BCUT2D eigenvalue weighted by molar-refractivity contribution is 6.33. The molecule has 2 aromatic rings. The Hall–Kier alpha value is -1.32. The second-order valence-electron chi connectivity index (χ2n) is 6.24. The largest absolute Gasteiger partial charge is 0.327 e. The summed E-state index contributed by atoms with van der Waals surface area (Å²) in [4.78, 5) is 7.15. The first kappa shape index (κ1) is 15.6. The summed E-state index contributed by atoms with van der Waals surface area (Å²) in [6, 6.07) is 6.70. The van der Waals surface area contributed by atoms with Crippen molar-refractivity contribution in [2.45, 2.75) is 39.2 Å². The monoisotopic (exact) mass is 317 g/mol. The van der Waals surface area contributed by atoms with E-state index >= 15 is 0 Å². The van der Waals surface area contributed by atoms with Crippen molar-refractivity contribution in [1.29, 1.82) is 0 Å². The van der Waals surface area contributed by atoms with Gasteiger partial charge in [-0.3, -0.25) is 0 Å². The first-order valence-electron chi connectivity index (χ1n) is 8.20. The number of aryl methyl sites for hydroxylation is 1. The first-order valence-corrected chi connectivity index (χ1v) is 8.58. The van der Waals surface area contributed by atoms with Crippen LogP contribution in [0.2, 0.25) is 5.02 Å². The maximum Gasteiger partial charge on any atom is 0.141 e. The number of aromatic nitrogens is 2. The molecule has 0 radical (unpaired) electrons. The molecule has 2 heterocycles. The normalized spacial score (nSPS) is 19.5. The van der Waals surface area contributed by atoms with Crippen molar-refractivity contribution in [3.05, 3.63) is 41.2 Å². The molecule has 3 nitrogen and oxygen atoms in total. The first-order chi connectivity index (χ1) is 10.7.